The lowest BCUT2D eigenvalue weighted by Gasteiger charge is -2.25. The highest BCUT2D eigenvalue weighted by Crippen LogP contribution is 2.33. The van der Waals surface area contributed by atoms with Crippen molar-refractivity contribution in [2.24, 2.45) is 5.92 Å². The zero-order valence-electron chi connectivity index (χ0n) is 12.7. The Labute approximate surface area is 130 Å². The summed E-state index contributed by atoms with van der Waals surface area (Å²) in [6.45, 7) is 2.26. The summed E-state index contributed by atoms with van der Waals surface area (Å²) < 4.78 is 0. The molecule has 116 valence electrons. The van der Waals surface area contributed by atoms with Crippen molar-refractivity contribution in [1.82, 2.24) is 5.32 Å². The summed E-state index contributed by atoms with van der Waals surface area (Å²) in [6.07, 6.45) is 8.04. The number of amides is 1. The number of hydrogen-bond donors (Lipinski definition) is 2. The summed E-state index contributed by atoms with van der Waals surface area (Å²) in [5.74, 6) is 0.881. The fourth-order valence-electron chi connectivity index (χ4n) is 3.54. The lowest BCUT2D eigenvalue weighted by Crippen LogP contribution is -2.38. The minimum atomic E-state index is -0.168. The SMILES string of the molecule is CCC1CCc2sc(C(=O)NC3CCC(O)CC3)cc2C1. The third-order valence-corrected chi connectivity index (χ3v) is 6.25. The smallest absolute Gasteiger partial charge is 0.261 e. The number of hydrogen-bond acceptors (Lipinski definition) is 3. The maximum absolute atomic E-state index is 12.4. The predicted octanol–water partition coefficient (Wildman–Crippen LogP) is 3.30. The van der Waals surface area contributed by atoms with E-state index >= 15 is 0 Å². The molecule has 2 N–H and O–H groups in total. The van der Waals surface area contributed by atoms with E-state index in [0.717, 1.165) is 49.3 Å². The molecule has 1 fully saturated rings. The third kappa shape index (κ3) is 3.49. The van der Waals surface area contributed by atoms with Crippen molar-refractivity contribution >= 4 is 17.2 Å². The average molecular weight is 307 g/mol. The molecule has 4 heteroatoms. The molecule has 1 heterocycles. The number of carbonyl (C=O) groups is 1. The molecule has 1 aromatic heterocycles. The normalized spacial score (nSPS) is 29.0. The van der Waals surface area contributed by atoms with Crippen LogP contribution in [-0.4, -0.2) is 23.2 Å². The van der Waals surface area contributed by atoms with Gasteiger partial charge in [-0.2, -0.15) is 0 Å². The summed E-state index contributed by atoms with van der Waals surface area (Å²) in [5.41, 5.74) is 1.40. The van der Waals surface area contributed by atoms with E-state index in [4.69, 9.17) is 0 Å². The minimum absolute atomic E-state index is 0.0869. The number of aryl methyl sites for hydroxylation is 1. The van der Waals surface area contributed by atoms with Crippen LogP contribution in [0, 0.1) is 5.92 Å². The zero-order chi connectivity index (χ0) is 14.8. The number of rotatable bonds is 3. The van der Waals surface area contributed by atoms with Gasteiger partial charge >= 0.3 is 0 Å². The standard InChI is InChI=1S/C17H25NO2S/c1-2-11-3-8-15-12(9-11)10-16(21-15)17(20)18-13-4-6-14(19)7-5-13/h10-11,13-14,19H,2-9H2,1H3,(H,18,20). The second kappa shape index (κ2) is 6.49. The lowest BCUT2D eigenvalue weighted by atomic mass is 9.87. The number of aliphatic hydroxyl groups excluding tert-OH is 1. The van der Waals surface area contributed by atoms with Gasteiger partial charge in [-0.25, -0.2) is 0 Å². The molecular formula is C17H25NO2S. The lowest BCUT2D eigenvalue weighted by molar-refractivity contribution is 0.0871. The van der Waals surface area contributed by atoms with Crippen LogP contribution >= 0.6 is 11.3 Å². The average Bonchev–Trinajstić information content (AvgIpc) is 2.92. The molecule has 1 atom stereocenters. The van der Waals surface area contributed by atoms with Crippen molar-refractivity contribution in [3.05, 3.63) is 21.4 Å². The van der Waals surface area contributed by atoms with E-state index in [0.29, 0.717) is 0 Å². The Morgan fingerprint density at radius 2 is 2.10 bits per heavy atom. The molecule has 0 spiro atoms. The van der Waals surface area contributed by atoms with Crippen molar-refractivity contribution in [3.63, 3.8) is 0 Å². The van der Waals surface area contributed by atoms with Crippen molar-refractivity contribution in [3.8, 4) is 0 Å². The maximum atomic E-state index is 12.4. The summed E-state index contributed by atoms with van der Waals surface area (Å²) >= 11 is 1.68. The fourth-order valence-corrected chi connectivity index (χ4v) is 4.65. The number of carbonyl (C=O) groups excluding carboxylic acids is 1. The Morgan fingerprint density at radius 3 is 2.81 bits per heavy atom. The van der Waals surface area contributed by atoms with Crippen LogP contribution in [0.2, 0.25) is 0 Å². The van der Waals surface area contributed by atoms with Gasteiger partial charge in [0.1, 0.15) is 0 Å². The van der Waals surface area contributed by atoms with Gasteiger partial charge in [-0.1, -0.05) is 13.3 Å². The van der Waals surface area contributed by atoms with E-state index in [2.05, 4.69) is 18.3 Å². The van der Waals surface area contributed by atoms with Gasteiger partial charge in [0.25, 0.3) is 5.91 Å². The molecule has 3 nitrogen and oxygen atoms in total. The van der Waals surface area contributed by atoms with Crippen LogP contribution in [0.5, 0.6) is 0 Å². The molecule has 0 aliphatic heterocycles. The molecule has 0 aromatic carbocycles. The van der Waals surface area contributed by atoms with E-state index in [1.54, 1.807) is 11.3 Å². The van der Waals surface area contributed by atoms with Crippen molar-refractivity contribution < 1.29 is 9.90 Å². The fraction of sp³-hybridized carbons (Fsp3) is 0.706. The molecule has 1 amide bonds. The van der Waals surface area contributed by atoms with Gasteiger partial charge in [0.2, 0.25) is 0 Å². The number of fused-ring (bicyclic) bond motifs is 1. The molecular weight excluding hydrogens is 282 g/mol. The Kier molecular flexibility index (Phi) is 4.65. The first kappa shape index (κ1) is 15.0. The van der Waals surface area contributed by atoms with Crippen LogP contribution in [0.4, 0.5) is 0 Å². The van der Waals surface area contributed by atoms with Crippen LogP contribution in [0.15, 0.2) is 6.07 Å². The second-order valence-corrected chi connectivity index (χ2v) is 7.69. The number of nitrogens with one attached hydrogen (secondary N) is 1. The Balaban J connectivity index is 1.62. The molecule has 2 aliphatic carbocycles. The van der Waals surface area contributed by atoms with Crippen LogP contribution < -0.4 is 5.32 Å². The molecule has 2 aliphatic rings. The highest BCUT2D eigenvalue weighted by Gasteiger charge is 2.24. The van der Waals surface area contributed by atoms with Crippen LogP contribution in [0.1, 0.15) is 65.6 Å². The highest BCUT2D eigenvalue weighted by atomic mass is 32.1. The van der Waals surface area contributed by atoms with Crippen molar-refractivity contribution in [1.29, 1.82) is 0 Å². The summed E-state index contributed by atoms with van der Waals surface area (Å²) in [6, 6.07) is 2.36. The largest absolute Gasteiger partial charge is 0.393 e. The monoisotopic (exact) mass is 307 g/mol. The van der Waals surface area contributed by atoms with Crippen LogP contribution in [0.3, 0.4) is 0 Å². The van der Waals surface area contributed by atoms with Crippen LogP contribution in [0.25, 0.3) is 0 Å². The Morgan fingerprint density at radius 1 is 1.33 bits per heavy atom. The van der Waals surface area contributed by atoms with Crippen LogP contribution in [-0.2, 0) is 12.8 Å². The molecule has 1 aromatic rings. The summed E-state index contributed by atoms with van der Waals surface area (Å²) in [7, 11) is 0. The van der Waals surface area contributed by atoms with E-state index in [-0.39, 0.29) is 18.1 Å². The zero-order valence-corrected chi connectivity index (χ0v) is 13.5. The Bertz CT molecular complexity index is 503. The first-order valence-electron chi connectivity index (χ1n) is 8.26. The molecule has 1 unspecified atom stereocenters. The van der Waals surface area contributed by atoms with Gasteiger partial charge in [-0.3, -0.25) is 4.79 Å². The molecule has 0 bridgehead atoms. The maximum Gasteiger partial charge on any atom is 0.261 e. The van der Waals surface area contributed by atoms with E-state index in [1.807, 2.05) is 0 Å². The Hall–Kier alpha value is -0.870. The molecule has 21 heavy (non-hydrogen) atoms. The van der Waals surface area contributed by atoms with E-state index in [1.165, 1.54) is 23.3 Å². The molecule has 1 saturated carbocycles. The predicted molar refractivity (Wildman–Crippen MR) is 85.9 cm³/mol. The first-order chi connectivity index (χ1) is 10.2. The minimum Gasteiger partial charge on any atom is -0.393 e. The quantitative estimate of drug-likeness (QED) is 0.900. The molecule has 0 saturated heterocycles. The topological polar surface area (TPSA) is 49.3 Å². The van der Waals surface area contributed by atoms with Gasteiger partial charge in [-0.05, 0) is 62.5 Å². The molecule has 0 radical (unpaired) electrons. The van der Waals surface area contributed by atoms with E-state index < -0.39 is 0 Å². The first-order valence-corrected chi connectivity index (χ1v) is 9.08. The van der Waals surface area contributed by atoms with Crippen molar-refractivity contribution in [2.75, 3.05) is 0 Å². The number of thiophene rings is 1. The van der Waals surface area contributed by atoms with Gasteiger partial charge in [0.05, 0.1) is 11.0 Å². The highest BCUT2D eigenvalue weighted by molar-refractivity contribution is 7.14. The van der Waals surface area contributed by atoms with Gasteiger partial charge < -0.3 is 10.4 Å². The number of aliphatic hydroxyl groups is 1. The molecule has 3 rings (SSSR count). The van der Waals surface area contributed by atoms with Gasteiger partial charge in [0.15, 0.2) is 0 Å². The summed E-state index contributed by atoms with van der Waals surface area (Å²) in [4.78, 5) is 14.7. The van der Waals surface area contributed by atoms with E-state index in [9.17, 15) is 9.90 Å². The second-order valence-electron chi connectivity index (χ2n) is 6.56. The van der Waals surface area contributed by atoms with Gasteiger partial charge in [-0.15, -0.1) is 11.3 Å². The van der Waals surface area contributed by atoms with Gasteiger partial charge in [0, 0.05) is 10.9 Å². The summed E-state index contributed by atoms with van der Waals surface area (Å²) in [5, 5.41) is 12.7. The third-order valence-electron chi connectivity index (χ3n) is 5.02. The van der Waals surface area contributed by atoms with Crippen molar-refractivity contribution in [2.45, 2.75) is 70.4 Å².